The van der Waals surface area contributed by atoms with Crippen LogP contribution in [-0.4, -0.2) is 22.6 Å². The number of allylic oxidation sites excluding steroid dienone is 1. The van der Waals surface area contributed by atoms with Gasteiger partial charge in [-0.1, -0.05) is 70.0 Å². The predicted molar refractivity (Wildman–Crippen MR) is 127 cm³/mol. The highest BCUT2D eigenvalue weighted by Crippen LogP contribution is 2.37. The molecule has 1 aliphatic heterocycles. The zero-order chi connectivity index (χ0) is 23.0. The molecule has 29 heavy (non-hydrogen) atoms. The Balaban J connectivity index is 0. The molecule has 2 rings (SSSR count). The summed E-state index contributed by atoms with van der Waals surface area (Å²) in [6.07, 6.45) is 5.12. The highest BCUT2D eigenvalue weighted by molar-refractivity contribution is 5.86. The summed E-state index contributed by atoms with van der Waals surface area (Å²) in [5, 5.41) is 0. The Kier molecular flexibility index (Phi) is 17.2. The van der Waals surface area contributed by atoms with Crippen molar-refractivity contribution in [2.75, 3.05) is 0 Å². The number of benzene rings is 1. The number of ketones is 1. The number of rotatable bonds is 4. The number of carbonyl (C=O) groups is 2. The third-order valence-electron chi connectivity index (χ3n) is 4.28. The lowest BCUT2D eigenvalue weighted by atomic mass is 9.85. The average Bonchev–Trinajstić information content (AvgIpc) is 2.66. The van der Waals surface area contributed by atoms with E-state index in [1.54, 1.807) is 13.0 Å². The van der Waals surface area contributed by atoms with Crippen molar-refractivity contribution >= 4 is 11.7 Å². The fourth-order valence-corrected chi connectivity index (χ4v) is 3.25. The fraction of sp³-hybridized carbons (Fsp3) is 0.615. The smallest absolute Gasteiger partial charge is 0.226 e. The molecule has 1 heterocycles. The Bertz CT molecular complexity index is 575. The van der Waals surface area contributed by atoms with Crippen LogP contribution in [0.15, 0.2) is 36.9 Å². The van der Waals surface area contributed by atoms with Gasteiger partial charge in [0.2, 0.25) is 5.91 Å². The summed E-state index contributed by atoms with van der Waals surface area (Å²) >= 11 is 0. The van der Waals surface area contributed by atoms with Crippen LogP contribution in [0.25, 0.3) is 0 Å². The van der Waals surface area contributed by atoms with Gasteiger partial charge in [0.1, 0.15) is 5.78 Å². The van der Waals surface area contributed by atoms with Crippen molar-refractivity contribution in [3.05, 3.63) is 48.0 Å². The van der Waals surface area contributed by atoms with Gasteiger partial charge < -0.3 is 9.69 Å². The van der Waals surface area contributed by atoms with E-state index in [0.717, 1.165) is 12.8 Å². The molecule has 0 saturated carbocycles. The first-order chi connectivity index (χ1) is 13.7. The van der Waals surface area contributed by atoms with Gasteiger partial charge in [-0.2, -0.15) is 0 Å². The second-order valence-electron chi connectivity index (χ2n) is 7.56. The summed E-state index contributed by atoms with van der Waals surface area (Å²) < 4.78 is 0. The van der Waals surface area contributed by atoms with E-state index in [-0.39, 0.29) is 29.7 Å². The molecule has 1 aromatic rings. The number of hydrogen-bond donors (Lipinski definition) is 0. The van der Waals surface area contributed by atoms with E-state index in [4.69, 9.17) is 0 Å². The highest BCUT2D eigenvalue weighted by Gasteiger charge is 2.37. The maximum atomic E-state index is 12.7. The molecule has 1 unspecified atom stereocenters. The molecule has 1 saturated heterocycles. The van der Waals surface area contributed by atoms with Crippen LogP contribution in [-0.2, 0) is 9.59 Å². The van der Waals surface area contributed by atoms with Gasteiger partial charge >= 0.3 is 0 Å². The first kappa shape index (κ1) is 29.3. The van der Waals surface area contributed by atoms with Gasteiger partial charge in [-0.05, 0) is 53.0 Å². The Hall–Kier alpha value is -1.90. The first-order valence-corrected chi connectivity index (χ1v) is 11.2. The fourth-order valence-electron chi connectivity index (χ4n) is 3.25. The number of amides is 1. The van der Waals surface area contributed by atoms with Gasteiger partial charge in [0.15, 0.2) is 0 Å². The lowest BCUT2D eigenvalue weighted by Crippen LogP contribution is -2.47. The Labute approximate surface area is 180 Å². The standard InChI is InChI=1S/C18H25NO2.C3H8.C3H6.C2H6/c1-12(2)19-17(15-7-5-13(3)6-8-15)10-9-16(18(19)21)11-14(4)20;2*1-3-2;1-2/h5-8,12,16-17H,9-11H2,1-4H3;3H2,1-2H3;3H,1H2,2H3;1-2H3/t16?,17-;;;/m0.../s1. The van der Waals surface area contributed by atoms with Crippen LogP contribution in [0.3, 0.4) is 0 Å². The van der Waals surface area contributed by atoms with Crippen LogP contribution >= 0.6 is 0 Å². The molecular weight excluding hydrogens is 358 g/mol. The Morgan fingerprint density at radius 2 is 1.62 bits per heavy atom. The van der Waals surface area contributed by atoms with Crippen molar-refractivity contribution in [2.45, 2.75) is 100 Å². The molecule has 3 nitrogen and oxygen atoms in total. The third kappa shape index (κ3) is 11.0. The molecule has 1 aliphatic rings. The van der Waals surface area contributed by atoms with E-state index in [0.29, 0.717) is 6.42 Å². The van der Waals surface area contributed by atoms with Crippen LogP contribution in [0, 0.1) is 12.8 Å². The quantitative estimate of drug-likeness (QED) is 0.495. The van der Waals surface area contributed by atoms with E-state index in [1.165, 1.54) is 17.5 Å². The number of hydrogen-bond acceptors (Lipinski definition) is 2. The molecular formula is C26H45NO2. The van der Waals surface area contributed by atoms with Crippen molar-refractivity contribution in [1.29, 1.82) is 0 Å². The third-order valence-corrected chi connectivity index (χ3v) is 4.28. The zero-order valence-corrected chi connectivity index (χ0v) is 20.4. The highest BCUT2D eigenvalue weighted by atomic mass is 16.2. The molecule has 3 heteroatoms. The van der Waals surface area contributed by atoms with Crippen LogP contribution < -0.4 is 0 Å². The van der Waals surface area contributed by atoms with Crippen molar-refractivity contribution in [3.8, 4) is 0 Å². The maximum absolute atomic E-state index is 12.7. The van der Waals surface area contributed by atoms with Gasteiger partial charge in [0, 0.05) is 18.4 Å². The second-order valence-corrected chi connectivity index (χ2v) is 7.56. The topological polar surface area (TPSA) is 37.4 Å². The summed E-state index contributed by atoms with van der Waals surface area (Å²) in [6.45, 7) is 21.2. The van der Waals surface area contributed by atoms with E-state index >= 15 is 0 Å². The molecule has 0 aromatic heterocycles. The van der Waals surface area contributed by atoms with Crippen LogP contribution in [0.1, 0.15) is 98.2 Å². The SMILES string of the molecule is C=CC.CC.CC(=O)CC1CC[C@@H](c2ccc(C)cc2)N(C(C)C)C1=O.CCC. The van der Waals surface area contributed by atoms with Crippen LogP contribution in [0.5, 0.6) is 0 Å². The number of piperidine rings is 1. The average molecular weight is 404 g/mol. The number of nitrogens with zero attached hydrogens (tertiary/aromatic N) is 1. The number of likely N-dealkylation sites (tertiary alicyclic amines) is 1. The van der Waals surface area contributed by atoms with E-state index < -0.39 is 0 Å². The van der Waals surface area contributed by atoms with Gasteiger partial charge in [-0.3, -0.25) is 4.79 Å². The molecule has 0 aliphatic carbocycles. The van der Waals surface area contributed by atoms with E-state index in [1.807, 2.05) is 25.7 Å². The molecule has 2 atom stereocenters. The second kappa shape index (κ2) is 17.0. The zero-order valence-electron chi connectivity index (χ0n) is 20.4. The lowest BCUT2D eigenvalue weighted by molar-refractivity contribution is -0.146. The number of Topliss-reactive ketones (excluding diaryl/α,β-unsaturated/α-hetero) is 1. The van der Waals surface area contributed by atoms with Crippen LogP contribution in [0.4, 0.5) is 0 Å². The molecule has 0 spiro atoms. The van der Waals surface area contributed by atoms with Crippen LogP contribution in [0.2, 0.25) is 0 Å². The Morgan fingerprint density at radius 3 is 2.00 bits per heavy atom. The minimum absolute atomic E-state index is 0.103. The lowest BCUT2D eigenvalue weighted by Gasteiger charge is -2.42. The summed E-state index contributed by atoms with van der Waals surface area (Å²) in [5.74, 6) is 0.106. The van der Waals surface area contributed by atoms with Crippen molar-refractivity contribution < 1.29 is 9.59 Å². The van der Waals surface area contributed by atoms with E-state index in [2.05, 4.69) is 65.5 Å². The summed E-state index contributed by atoms with van der Waals surface area (Å²) in [6, 6.07) is 8.72. The summed E-state index contributed by atoms with van der Waals surface area (Å²) in [4.78, 5) is 26.1. The minimum atomic E-state index is -0.133. The largest absolute Gasteiger partial charge is 0.333 e. The normalized spacial score (nSPS) is 17.7. The first-order valence-electron chi connectivity index (χ1n) is 11.2. The molecule has 1 aromatic carbocycles. The van der Waals surface area contributed by atoms with Crippen molar-refractivity contribution in [1.82, 2.24) is 4.90 Å². The molecule has 1 fully saturated rings. The molecule has 0 radical (unpaired) electrons. The van der Waals surface area contributed by atoms with Gasteiger partial charge in [0.05, 0.1) is 6.04 Å². The minimum Gasteiger partial charge on any atom is -0.333 e. The maximum Gasteiger partial charge on any atom is 0.226 e. The summed E-state index contributed by atoms with van der Waals surface area (Å²) in [5.41, 5.74) is 2.43. The molecule has 0 bridgehead atoms. The number of aryl methyl sites for hydroxylation is 1. The monoisotopic (exact) mass is 403 g/mol. The van der Waals surface area contributed by atoms with Crippen molar-refractivity contribution in [3.63, 3.8) is 0 Å². The van der Waals surface area contributed by atoms with Gasteiger partial charge in [0.25, 0.3) is 0 Å². The predicted octanol–water partition coefficient (Wildman–Crippen LogP) is 7.30. The van der Waals surface area contributed by atoms with Gasteiger partial charge in [-0.15, -0.1) is 6.58 Å². The number of carbonyl (C=O) groups excluding carboxylic acids is 2. The molecule has 0 N–H and O–H groups in total. The Morgan fingerprint density at radius 1 is 1.17 bits per heavy atom. The van der Waals surface area contributed by atoms with Crippen molar-refractivity contribution in [2.24, 2.45) is 5.92 Å². The summed E-state index contributed by atoms with van der Waals surface area (Å²) in [7, 11) is 0. The van der Waals surface area contributed by atoms with E-state index in [9.17, 15) is 9.59 Å². The molecule has 1 amide bonds. The van der Waals surface area contributed by atoms with Gasteiger partial charge in [-0.25, -0.2) is 0 Å². The molecule has 166 valence electrons.